The molecule has 0 heterocycles. The highest BCUT2D eigenvalue weighted by Crippen LogP contribution is 2.12. The molecule has 4 nitrogen and oxygen atoms in total. The number of nitrogens with zero attached hydrogens (tertiary/aromatic N) is 1. The van der Waals surface area contributed by atoms with Crippen LogP contribution in [0, 0.1) is 0 Å². The molecule has 0 aliphatic carbocycles. The van der Waals surface area contributed by atoms with Gasteiger partial charge in [-0.25, -0.2) is 8.42 Å². The van der Waals surface area contributed by atoms with Crippen LogP contribution < -0.4 is 0 Å². The monoisotopic (exact) mass is 297 g/mol. The summed E-state index contributed by atoms with van der Waals surface area (Å²) in [4.78, 5) is 14.2. The van der Waals surface area contributed by atoms with Crippen LogP contribution in [0.5, 0.6) is 0 Å². The maximum Gasteiger partial charge on any atom is 0.253 e. The molecule has 0 unspecified atom stereocenters. The Morgan fingerprint density at radius 3 is 2.25 bits per heavy atom. The third-order valence-electron chi connectivity index (χ3n) is 2.88. The fourth-order valence-corrected chi connectivity index (χ4v) is 2.92. The van der Waals surface area contributed by atoms with Crippen LogP contribution in [0.4, 0.5) is 0 Å². The first-order valence-electron chi connectivity index (χ1n) is 6.93. The van der Waals surface area contributed by atoms with Gasteiger partial charge in [-0.3, -0.25) is 4.79 Å². The molecule has 0 atom stereocenters. The lowest BCUT2D eigenvalue weighted by Gasteiger charge is -2.21. The summed E-state index contributed by atoms with van der Waals surface area (Å²) in [7, 11) is -3.09. The Bertz CT molecular complexity index is 546. The number of hydrogen-bond acceptors (Lipinski definition) is 3. The molecule has 0 saturated heterocycles. The number of sulfone groups is 1. The lowest BCUT2D eigenvalue weighted by molar-refractivity contribution is 0.0755. The molecule has 0 aromatic heterocycles. The van der Waals surface area contributed by atoms with E-state index in [0.717, 1.165) is 25.9 Å². The molecule has 0 radical (unpaired) electrons. The van der Waals surface area contributed by atoms with Gasteiger partial charge in [0.1, 0.15) is 0 Å². The van der Waals surface area contributed by atoms with Crippen LogP contribution in [0.15, 0.2) is 24.3 Å². The van der Waals surface area contributed by atoms with Crippen molar-refractivity contribution in [1.29, 1.82) is 0 Å². The summed E-state index contributed by atoms with van der Waals surface area (Å²) < 4.78 is 22.7. The zero-order valence-electron chi connectivity index (χ0n) is 12.4. The standard InChI is InChI=1S/C15H23NO3S/c1-4-9-16(10-5-2)15(17)14-8-6-7-13(11-14)12-20(3,18)19/h6-8,11H,4-5,9-10,12H2,1-3H3. The average Bonchev–Trinajstić information content (AvgIpc) is 2.36. The highest BCUT2D eigenvalue weighted by molar-refractivity contribution is 7.89. The van der Waals surface area contributed by atoms with Gasteiger partial charge in [0.2, 0.25) is 0 Å². The van der Waals surface area contributed by atoms with Crippen LogP contribution in [0.25, 0.3) is 0 Å². The van der Waals surface area contributed by atoms with Crippen molar-refractivity contribution in [2.45, 2.75) is 32.4 Å². The van der Waals surface area contributed by atoms with Crippen molar-refractivity contribution >= 4 is 15.7 Å². The van der Waals surface area contributed by atoms with Crippen molar-refractivity contribution in [3.8, 4) is 0 Å². The second-order valence-corrected chi connectivity index (χ2v) is 7.20. The molecule has 0 bridgehead atoms. The number of carbonyl (C=O) groups is 1. The van der Waals surface area contributed by atoms with E-state index in [0.29, 0.717) is 11.1 Å². The van der Waals surface area contributed by atoms with E-state index in [9.17, 15) is 13.2 Å². The quantitative estimate of drug-likeness (QED) is 0.777. The highest BCUT2D eigenvalue weighted by atomic mass is 32.2. The van der Waals surface area contributed by atoms with Gasteiger partial charge in [-0.2, -0.15) is 0 Å². The van der Waals surface area contributed by atoms with Crippen molar-refractivity contribution in [2.75, 3.05) is 19.3 Å². The molecule has 1 amide bonds. The minimum Gasteiger partial charge on any atom is -0.339 e. The Labute approximate surface area is 121 Å². The smallest absolute Gasteiger partial charge is 0.253 e. The molecule has 1 aromatic rings. The van der Waals surface area contributed by atoms with Gasteiger partial charge in [0.05, 0.1) is 5.75 Å². The summed E-state index contributed by atoms with van der Waals surface area (Å²) in [6.45, 7) is 5.53. The molecule has 1 aromatic carbocycles. The zero-order valence-corrected chi connectivity index (χ0v) is 13.2. The van der Waals surface area contributed by atoms with Crippen molar-refractivity contribution in [1.82, 2.24) is 4.90 Å². The molecule has 5 heteroatoms. The van der Waals surface area contributed by atoms with E-state index in [2.05, 4.69) is 0 Å². The van der Waals surface area contributed by atoms with Gasteiger partial charge in [-0.1, -0.05) is 26.0 Å². The van der Waals surface area contributed by atoms with E-state index in [4.69, 9.17) is 0 Å². The largest absolute Gasteiger partial charge is 0.339 e. The fraction of sp³-hybridized carbons (Fsp3) is 0.533. The second-order valence-electron chi connectivity index (χ2n) is 5.06. The van der Waals surface area contributed by atoms with Crippen LogP contribution in [0.3, 0.4) is 0 Å². The minimum absolute atomic E-state index is 0.0240. The molecule has 0 saturated carbocycles. The average molecular weight is 297 g/mol. The number of rotatable bonds is 7. The molecule has 0 N–H and O–H groups in total. The van der Waals surface area contributed by atoms with Gasteiger partial charge in [-0.15, -0.1) is 0 Å². The molecule has 0 aliphatic heterocycles. The molecular weight excluding hydrogens is 274 g/mol. The van der Waals surface area contributed by atoms with Gasteiger partial charge < -0.3 is 4.90 Å². The Kier molecular flexibility index (Phi) is 6.20. The van der Waals surface area contributed by atoms with E-state index < -0.39 is 9.84 Å². The van der Waals surface area contributed by atoms with Crippen LogP contribution in [0.2, 0.25) is 0 Å². The summed E-state index contributed by atoms with van der Waals surface area (Å²) in [6, 6.07) is 6.90. The molecule has 112 valence electrons. The van der Waals surface area contributed by atoms with Gasteiger partial charge in [0.25, 0.3) is 5.91 Å². The fourth-order valence-electron chi connectivity index (χ4n) is 2.13. The highest BCUT2D eigenvalue weighted by Gasteiger charge is 2.15. The SMILES string of the molecule is CCCN(CCC)C(=O)c1cccc(CS(C)(=O)=O)c1. The molecule has 1 rings (SSSR count). The third kappa shape index (κ3) is 5.33. The third-order valence-corrected chi connectivity index (χ3v) is 3.73. The van der Waals surface area contributed by atoms with Crippen molar-refractivity contribution < 1.29 is 13.2 Å². The Morgan fingerprint density at radius 1 is 1.15 bits per heavy atom. The van der Waals surface area contributed by atoms with Gasteiger partial charge >= 0.3 is 0 Å². The Balaban J connectivity index is 2.94. The maximum absolute atomic E-state index is 12.4. The van der Waals surface area contributed by atoms with Crippen LogP contribution in [-0.4, -0.2) is 38.6 Å². The van der Waals surface area contributed by atoms with Crippen molar-refractivity contribution in [3.05, 3.63) is 35.4 Å². The molecule has 20 heavy (non-hydrogen) atoms. The predicted octanol–water partition coefficient (Wildman–Crippen LogP) is 2.49. The van der Waals surface area contributed by atoms with Gasteiger partial charge in [-0.05, 0) is 30.5 Å². The maximum atomic E-state index is 12.4. The topological polar surface area (TPSA) is 54.5 Å². The summed E-state index contributed by atoms with van der Waals surface area (Å²) >= 11 is 0. The van der Waals surface area contributed by atoms with E-state index in [1.54, 1.807) is 24.3 Å². The summed E-state index contributed by atoms with van der Waals surface area (Å²) in [5, 5.41) is 0. The number of benzene rings is 1. The van der Waals surface area contributed by atoms with E-state index >= 15 is 0 Å². The van der Waals surface area contributed by atoms with Crippen LogP contribution in [-0.2, 0) is 15.6 Å². The lowest BCUT2D eigenvalue weighted by Crippen LogP contribution is -2.32. The second kappa shape index (κ2) is 7.43. The predicted molar refractivity (Wildman–Crippen MR) is 81.5 cm³/mol. The van der Waals surface area contributed by atoms with Crippen LogP contribution in [0.1, 0.15) is 42.6 Å². The Hall–Kier alpha value is -1.36. The number of hydrogen-bond donors (Lipinski definition) is 0. The van der Waals surface area contributed by atoms with Crippen LogP contribution >= 0.6 is 0 Å². The normalized spacial score (nSPS) is 11.3. The zero-order chi connectivity index (χ0) is 15.2. The first-order chi connectivity index (χ1) is 9.37. The first kappa shape index (κ1) is 16.7. The lowest BCUT2D eigenvalue weighted by atomic mass is 10.1. The molecule has 0 fully saturated rings. The van der Waals surface area contributed by atoms with Gasteiger partial charge in [0.15, 0.2) is 9.84 Å². The summed E-state index contributed by atoms with van der Waals surface area (Å²) in [6.07, 6.45) is 3.02. The molecular formula is C15H23NO3S. The van der Waals surface area contributed by atoms with E-state index in [1.165, 1.54) is 6.26 Å². The Morgan fingerprint density at radius 2 is 1.75 bits per heavy atom. The van der Waals surface area contributed by atoms with Crippen molar-refractivity contribution in [3.63, 3.8) is 0 Å². The summed E-state index contributed by atoms with van der Waals surface area (Å²) in [5.41, 5.74) is 1.22. The number of amides is 1. The molecule has 0 spiro atoms. The van der Waals surface area contributed by atoms with Gasteiger partial charge in [0, 0.05) is 24.9 Å². The first-order valence-corrected chi connectivity index (χ1v) is 8.99. The van der Waals surface area contributed by atoms with E-state index in [1.807, 2.05) is 18.7 Å². The van der Waals surface area contributed by atoms with E-state index in [-0.39, 0.29) is 11.7 Å². The summed E-state index contributed by atoms with van der Waals surface area (Å²) in [5.74, 6) is -0.0561. The number of carbonyl (C=O) groups excluding carboxylic acids is 1. The molecule has 0 aliphatic rings. The van der Waals surface area contributed by atoms with Crippen molar-refractivity contribution in [2.24, 2.45) is 0 Å². The minimum atomic E-state index is -3.09.